The van der Waals surface area contributed by atoms with E-state index in [2.05, 4.69) is 15.1 Å². The van der Waals surface area contributed by atoms with Gasteiger partial charge in [0.1, 0.15) is 4.90 Å². The lowest BCUT2D eigenvalue weighted by Gasteiger charge is -2.30. The van der Waals surface area contributed by atoms with Crippen LogP contribution in [0.3, 0.4) is 0 Å². The topological polar surface area (TPSA) is 119 Å². The minimum atomic E-state index is -3.83. The molecule has 0 bridgehead atoms. The summed E-state index contributed by atoms with van der Waals surface area (Å²) in [6, 6.07) is -0.891. The first-order valence-corrected chi connectivity index (χ1v) is 9.65. The molecule has 1 heterocycles. The number of hydrogen-bond acceptors (Lipinski definition) is 5. The summed E-state index contributed by atoms with van der Waals surface area (Å²) in [7, 11) is -2.15. The van der Waals surface area contributed by atoms with Crippen LogP contribution in [-0.4, -0.2) is 42.2 Å². The van der Waals surface area contributed by atoms with Crippen molar-refractivity contribution in [1.29, 1.82) is 0 Å². The minimum Gasteiger partial charge on any atom is -0.348 e. The van der Waals surface area contributed by atoms with Crippen molar-refractivity contribution in [1.82, 2.24) is 19.8 Å². The second-order valence-electron chi connectivity index (χ2n) is 6.65. The third-order valence-electron chi connectivity index (χ3n) is 4.78. The van der Waals surface area contributed by atoms with Crippen LogP contribution in [0.4, 0.5) is 0 Å². The fourth-order valence-electron chi connectivity index (χ4n) is 3.29. The van der Waals surface area contributed by atoms with Crippen molar-refractivity contribution in [3.63, 3.8) is 0 Å². The van der Waals surface area contributed by atoms with Gasteiger partial charge < -0.3 is 11.1 Å². The third-order valence-corrected chi connectivity index (χ3v) is 6.57. The van der Waals surface area contributed by atoms with E-state index in [1.165, 1.54) is 11.6 Å². The van der Waals surface area contributed by atoms with Gasteiger partial charge in [0.2, 0.25) is 15.9 Å². The van der Waals surface area contributed by atoms with E-state index < -0.39 is 21.6 Å². The highest BCUT2D eigenvalue weighted by Crippen LogP contribution is 2.28. The van der Waals surface area contributed by atoms with E-state index in [0.29, 0.717) is 17.9 Å². The maximum absolute atomic E-state index is 12.6. The first-order chi connectivity index (χ1) is 11.1. The molecule has 1 saturated carbocycles. The van der Waals surface area contributed by atoms with Crippen LogP contribution in [0.15, 0.2) is 4.90 Å². The van der Waals surface area contributed by atoms with Crippen LogP contribution in [0.25, 0.3) is 0 Å². The molecule has 9 heteroatoms. The number of aromatic nitrogens is 2. The molecule has 0 spiro atoms. The zero-order valence-electron chi connectivity index (χ0n) is 14.7. The third kappa shape index (κ3) is 3.62. The molecular formula is C15H27N5O3S. The van der Waals surface area contributed by atoms with E-state index >= 15 is 0 Å². The zero-order chi connectivity index (χ0) is 18.1. The molecule has 1 fully saturated rings. The van der Waals surface area contributed by atoms with Crippen molar-refractivity contribution in [2.75, 3.05) is 6.54 Å². The van der Waals surface area contributed by atoms with Gasteiger partial charge in [-0.05, 0) is 33.6 Å². The number of rotatable bonds is 6. The highest BCUT2D eigenvalue weighted by Gasteiger charge is 2.36. The van der Waals surface area contributed by atoms with Gasteiger partial charge >= 0.3 is 0 Å². The fourth-order valence-corrected chi connectivity index (χ4v) is 4.93. The Balaban J connectivity index is 2.13. The van der Waals surface area contributed by atoms with Crippen LogP contribution in [-0.2, 0) is 21.9 Å². The van der Waals surface area contributed by atoms with Crippen LogP contribution in [0.1, 0.15) is 44.0 Å². The van der Waals surface area contributed by atoms with Crippen LogP contribution >= 0.6 is 0 Å². The molecule has 0 saturated heterocycles. The van der Waals surface area contributed by atoms with Crippen molar-refractivity contribution in [3.8, 4) is 0 Å². The lowest BCUT2D eigenvalue weighted by Crippen LogP contribution is -2.56. The summed E-state index contributed by atoms with van der Waals surface area (Å²) >= 11 is 0. The predicted molar refractivity (Wildman–Crippen MR) is 90.9 cm³/mol. The second kappa shape index (κ2) is 6.81. The SMILES string of the molecule is Cc1nn(C)c(C)c1S(=O)(=O)NC(C)C(=O)NC1(CN)CCCC1. The standard InChI is InChI=1S/C15H27N5O3S/c1-10-13(12(3)20(4)18-10)24(22,23)19-11(2)14(21)17-15(9-16)7-5-6-8-15/h11,19H,5-9,16H2,1-4H3,(H,17,21). The Morgan fingerprint density at radius 3 is 2.42 bits per heavy atom. The van der Waals surface area contributed by atoms with Gasteiger partial charge in [0.05, 0.1) is 23.0 Å². The smallest absolute Gasteiger partial charge is 0.244 e. The van der Waals surface area contributed by atoms with Gasteiger partial charge in [-0.25, -0.2) is 8.42 Å². The van der Waals surface area contributed by atoms with Crippen LogP contribution in [0, 0.1) is 13.8 Å². The summed E-state index contributed by atoms with van der Waals surface area (Å²) in [5.74, 6) is -0.356. The van der Waals surface area contributed by atoms with Crippen molar-refractivity contribution < 1.29 is 13.2 Å². The Hall–Kier alpha value is -1.45. The molecule has 1 unspecified atom stereocenters. The van der Waals surface area contributed by atoms with Gasteiger partial charge in [-0.1, -0.05) is 12.8 Å². The fraction of sp³-hybridized carbons (Fsp3) is 0.733. The number of amides is 1. The van der Waals surface area contributed by atoms with E-state index in [4.69, 9.17) is 5.73 Å². The van der Waals surface area contributed by atoms with Gasteiger partial charge in [0.25, 0.3) is 0 Å². The monoisotopic (exact) mass is 357 g/mol. The Morgan fingerprint density at radius 2 is 1.96 bits per heavy atom. The molecule has 1 aromatic heterocycles. The molecule has 1 aromatic rings. The summed E-state index contributed by atoms with van der Waals surface area (Å²) in [6.45, 7) is 5.21. The second-order valence-corrected chi connectivity index (χ2v) is 8.30. The lowest BCUT2D eigenvalue weighted by atomic mass is 9.97. The van der Waals surface area contributed by atoms with Crippen LogP contribution in [0.2, 0.25) is 0 Å². The summed E-state index contributed by atoms with van der Waals surface area (Å²) in [5.41, 5.74) is 6.34. The van der Waals surface area contributed by atoms with Gasteiger partial charge in [0, 0.05) is 13.6 Å². The van der Waals surface area contributed by atoms with Gasteiger partial charge in [-0.3, -0.25) is 9.48 Å². The van der Waals surface area contributed by atoms with E-state index in [1.807, 2.05) is 0 Å². The molecule has 0 aromatic carbocycles. The molecule has 24 heavy (non-hydrogen) atoms. The minimum absolute atomic E-state index is 0.124. The molecule has 4 N–H and O–H groups in total. The molecule has 1 amide bonds. The van der Waals surface area contributed by atoms with E-state index in [1.54, 1.807) is 20.9 Å². The highest BCUT2D eigenvalue weighted by molar-refractivity contribution is 7.89. The maximum Gasteiger partial charge on any atom is 0.244 e. The molecule has 136 valence electrons. The molecule has 1 aliphatic rings. The van der Waals surface area contributed by atoms with Crippen molar-refractivity contribution in [2.24, 2.45) is 12.8 Å². The van der Waals surface area contributed by atoms with Crippen LogP contribution < -0.4 is 15.8 Å². The summed E-state index contributed by atoms with van der Waals surface area (Å²) < 4.78 is 29.2. The average molecular weight is 357 g/mol. The Morgan fingerprint density at radius 1 is 1.38 bits per heavy atom. The number of nitrogens with two attached hydrogens (primary N) is 1. The Labute approximate surface area is 143 Å². The van der Waals surface area contributed by atoms with E-state index in [-0.39, 0.29) is 10.8 Å². The molecule has 0 radical (unpaired) electrons. The first kappa shape index (κ1) is 18.9. The average Bonchev–Trinajstić information content (AvgIpc) is 3.04. The van der Waals surface area contributed by atoms with E-state index in [9.17, 15) is 13.2 Å². The maximum atomic E-state index is 12.6. The number of nitrogens with zero attached hydrogens (tertiary/aromatic N) is 2. The summed E-state index contributed by atoms with van der Waals surface area (Å²) in [4.78, 5) is 12.6. The van der Waals surface area contributed by atoms with Crippen molar-refractivity contribution >= 4 is 15.9 Å². The number of nitrogens with one attached hydrogen (secondary N) is 2. The number of carbonyl (C=O) groups excluding carboxylic acids is 1. The molecule has 2 rings (SSSR count). The van der Waals surface area contributed by atoms with Gasteiger partial charge in [-0.15, -0.1) is 0 Å². The predicted octanol–water partition coefficient (Wildman–Crippen LogP) is 0.0914. The highest BCUT2D eigenvalue weighted by atomic mass is 32.2. The number of sulfonamides is 1. The van der Waals surface area contributed by atoms with Gasteiger partial charge in [-0.2, -0.15) is 9.82 Å². The van der Waals surface area contributed by atoms with E-state index in [0.717, 1.165) is 25.7 Å². The van der Waals surface area contributed by atoms with Crippen molar-refractivity contribution in [2.45, 2.75) is 62.9 Å². The first-order valence-electron chi connectivity index (χ1n) is 8.16. The normalized spacial score (nSPS) is 18.5. The van der Waals surface area contributed by atoms with Gasteiger partial charge in [0.15, 0.2) is 0 Å². The quantitative estimate of drug-likeness (QED) is 0.667. The Kier molecular flexibility index (Phi) is 5.36. The van der Waals surface area contributed by atoms with Crippen LogP contribution in [0.5, 0.6) is 0 Å². The Bertz CT molecular complexity index is 720. The van der Waals surface area contributed by atoms with Crippen molar-refractivity contribution in [3.05, 3.63) is 11.4 Å². The molecular weight excluding hydrogens is 330 g/mol. The number of aryl methyl sites for hydroxylation is 2. The number of hydrogen-bond donors (Lipinski definition) is 3. The zero-order valence-corrected chi connectivity index (χ0v) is 15.5. The molecule has 8 nitrogen and oxygen atoms in total. The molecule has 1 aliphatic carbocycles. The lowest BCUT2D eigenvalue weighted by molar-refractivity contribution is -0.124. The molecule has 0 aliphatic heterocycles. The molecule has 1 atom stereocenters. The largest absolute Gasteiger partial charge is 0.348 e. The summed E-state index contributed by atoms with van der Waals surface area (Å²) in [6.07, 6.45) is 3.70. The summed E-state index contributed by atoms with van der Waals surface area (Å²) in [5, 5.41) is 7.06. The number of carbonyl (C=O) groups is 1.